The molecule has 0 unspecified atom stereocenters. The van der Waals surface area contributed by atoms with Gasteiger partial charge < -0.3 is 4.74 Å². The summed E-state index contributed by atoms with van der Waals surface area (Å²) < 4.78 is 6.11. The van der Waals surface area contributed by atoms with E-state index in [4.69, 9.17) is 21.6 Å². The van der Waals surface area contributed by atoms with Crippen molar-refractivity contribution in [3.8, 4) is 6.07 Å². The van der Waals surface area contributed by atoms with Crippen LogP contribution in [0.4, 0.5) is 0 Å². The summed E-state index contributed by atoms with van der Waals surface area (Å²) in [6.45, 7) is 2.16. The number of unbranched alkanes of at least 4 members (excludes halogenated alkanes) is 2. The number of ketones is 1. The average molecular weight is 332 g/mol. The van der Waals surface area contributed by atoms with Crippen LogP contribution in [0.5, 0.6) is 0 Å². The summed E-state index contributed by atoms with van der Waals surface area (Å²) in [7, 11) is 0. The molecule has 0 saturated carbocycles. The maximum atomic E-state index is 12.0. The van der Waals surface area contributed by atoms with E-state index in [1.807, 2.05) is 12.1 Å². The first kappa shape index (κ1) is 17.6. The van der Waals surface area contributed by atoms with Gasteiger partial charge in [0.15, 0.2) is 5.78 Å². The van der Waals surface area contributed by atoms with Gasteiger partial charge >= 0.3 is 0 Å². The standard InChI is InChI=1S/C19H22ClNO2/c1-2-3-4-5-18-17(20)11-10-16(22)12-19(23-18)15-8-6-14(13-21)7-9-15/h6-9,12,17-18H,2-5,10-11H2,1H3/b19-12-/t17-,18+/m1/s1. The van der Waals surface area contributed by atoms with Gasteiger partial charge in [0.2, 0.25) is 0 Å². The molecule has 0 radical (unpaired) electrons. The maximum absolute atomic E-state index is 12.0. The number of nitriles is 1. The van der Waals surface area contributed by atoms with Crippen LogP contribution in [0, 0.1) is 11.3 Å². The van der Waals surface area contributed by atoms with Crippen LogP contribution in [-0.2, 0) is 9.53 Å². The van der Waals surface area contributed by atoms with E-state index in [9.17, 15) is 4.79 Å². The van der Waals surface area contributed by atoms with Crippen LogP contribution in [0.1, 0.15) is 56.6 Å². The van der Waals surface area contributed by atoms with E-state index in [1.165, 1.54) is 0 Å². The Morgan fingerprint density at radius 2 is 2.04 bits per heavy atom. The van der Waals surface area contributed by atoms with Crippen LogP contribution in [-0.4, -0.2) is 17.3 Å². The van der Waals surface area contributed by atoms with E-state index in [0.717, 1.165) is 31.2 Å². The molecule has 2 rings (SSSR count). The number of allylic oxidation sites excluding steroid dienone is 1. The van der Waals surface area contributed by atoms with Crippen molar-refractivity contribution in [1.29, 1.82) is 5.26 Å². The molecule has 0 bridgehead atoms. The largest absolute Gasteiger partial charge is 0.488 e. The molecule has 1 aliphatic rings. The van der Waals surface area contributed by atoms with Crippen LogP contribution in [0.2, 0.25) is 0 Å². The lowest BCUT2D eigenvalue weighted by molar-refractivity contribution is -0.115. The minimum absolute atomic E-state index is 0.0296. The fraction of sp³-hybridized carbons (Fsp3) is 0.474. The van der Waals surface area contributed by atoms with Crippen molar-refractivity contribution >= 4 is 23.1 Å². The number of carbonyl (C=O) groups is 1. The predicted octanol–water partition coefficient (Wildman–Crippen LogP) is 4.83. The third-order valence-electron chi connectivity index (χ3n) is 4.03. The highest BCUT2D eigenvalue weighted by atomic mass is 35.5. The van der Waals surface area contributed by atoms with Crippen molar-refractivity contribution in [3.05, 3.63) is 41.5 Å². The number of hydrogen-bond acceptors (Lipinski definition) is 3. The molecule has 23 heavy (non-hydrogen) atoms. The van der Waals surface area contributed by atoms with Crippen molar-refractivity contribution in [2.24, 2.45) is 0 Å². The van der Waals surface area contributed by atoms with Gasteiger partial charge in [0.1, 0.15) is 11.9 Å². The van der Waals surface area contributed by atoms with Gasteiger partial charge in [-0.3, -0.25) is 4.79 Å². The Hall–Kier alpha value is -1.79. The lowest BCUT2D eigenvalue weighted by atomic mass is 10.00. The Morgan fingerprint density at radius 3 is 2.70 bits per heavy atom. The lowest BCUT2D eigenvalue weighted by Crippen LogP contribution is -2.27. The highest BCUT2D eigenvalue weighted by molar-refractivity contribution is 6.21. The number of alkyl halides is 1. The van der Waals surface area contributed by atoms with Crippen LogP contribution in [0.15, 0.2) is 30.3 Å². The summed E-state index contributed by atoms with van der Waals surface area (Å²) in [4.78, 5) is 12.0. The van der Waals surface area contributed by atoms with E-state index in [2.05, 4.69) is 13.0 Å². The second kappa shape index (κ2) is 8.74. The number of carbonyl (C=O) groups excluding carboxylic acids is 1. The van der Waals surface area contributed by atoms with E-state index >= 15 is 0 Å². The minimum Gasteiger partial charge on any atom is -0.488 e. The summed E-state index contributed by atoms with van der Waals surface area (Å²) in [5.74, 6) is 0.591. The van der Waals surface area contributed by atoms with Crippen molar-refractivity contribution in [1.82, 2.24) is 0 Å². The average Bonchev–Trinajstić information content (AvgIpc) is 2.57. The normalized spacial score (nSPS) is 23.9. The minimum atomic E-state index is -0.155. The molecular weight excluding hydrogens is 310 g/mol. The van der Waals surface area contributed by atoms with Crippen LogP contribution in [0.25, 0.3) is 5.76 Å². The number of rotatable bonds is 5. The Balaban J connectivity index is 2.20. The molecule has 3 nitrogen and oxygen atoms in total. The van der Waals surface area contributed by atoms with Gasteiger partial charge in [-0.25, -0.2) is 0 Å². The quantitative estimate of drug-likeness (QED) is 0.573. The third-order valence-corrected chi connectivity index (χ3v) is 4.53. The van der Waals surface area contributed by atoms with Crippen molar-refractivity contribution in [3.63, 3.8) is 0 Å². The first-order chi connectivity index (χ1) is 11.1. The molecule has 0 spiro atoms. The molecule has 1 aromatic rings. The van der Waals surface area contributed by atoms with Crippen LogP contribution < -0.4 is 0 Å². The van der Waals surface area contributed by atoms with Gasteiger partial charge in [0.05, 0.1) is 17.0 Å². The topological polar surface area (TPSA) is 50.1 Å². The highest BCUT2D eigenvalue weighted by Gasteiger charge is 2.25. The highest BCUT2D eigenvalue weighted by Crippen LogP contribution is 2.28. The maximum Gasteiger partial charge on any atom is 0.159 e. The molecule has 2 atom stereocenters. The van der Waals surface area contributed by atoms with Crippen LogP contribution in [0.3, 0.4) is 0 Å². The first-order valence-electron chi connectivity index (χ1n) is 8.19. The molecule has 122 valence electrons. The molecule has 0 fully saturated rings. The Morgan fingerprint density at radius 1 is 1.30 bits per heavy atom. The van der Waals surface area contributed by atoms with Gasteiger partial charge in [-0.05, 0) is 43.5 Å². The van der Waals surface area contributed by atoms with E-state index < -0.39 is 0 Å². The summed E-state index contributed by atoms with van der Waals surface area (Å²) in [5, 5.41) is 8.74. The van der Waals surface area contributed by atoms with E-state index in [-0.39, 0.29) is 17.3 Å². The number of nitrogens with zero attached hydrogens (tertiary/aromatic N) is 1. The lowest BCUT2D eigenvalue weighted by Gasteiger charge is -2.27. The van der Waals surface area contributed by atoms with Crippen molar-refractivity contribution in [2.75, 3.05) is 0 Å². The zero-order valence-electron chi connectivity index (χ0n) is 13.4. The number of ether oxygens (including phenoxy) is 1. The zero-order valence-corrected chi connectivity index (χ0v) is 14.2. The van der Waals surface area contributed by atoms with E-state index in [0.29, 0.717) is 24.2 Å². The van der Waals surface area contributed by atoms with Gasteiger partial charge in [-0.2, -0.15) is 5.26 Å². The monoisotopic (exact) mass is 331 g/mol. The SMILES string of the molecule is CCCCC[C@@H]1O/C(c2ccc(C#N)cc2)=C\C(=O)CC[C@H]1Cl. The molecule has 1 aliphatic heterocycles. The summed E-state index contributed by atoms with van der Waals surface area (Å²) in [6.07, 6.45) is 6.84. The first-order valence-corrected chi connectivity index (χ1v) is 8.63. The predicted molar refractivity (Wildman–Crippen MR) is 92.0 cm³/mol. The third kappa shape index (κ3) is 5.11. The summed E-state index contributed by atoms with van der Waals surface area (Å²) in [5.41, 5.74) is 1.39. The Kier molecular flexibility index (Phi) is 6.67. The molecule has 4 heteroatoms. The number of benzene rings is 1. The molecule has 0 aromatic heterocycles. The second-order valence-corrected chi connectivity index (χ2v) is 6.43. The van der Waals surface area contributed by atoms with Crippen molar-refractivity contribution < 1.29 is 9.53 Å². The molecular formula is C19H22ClNO2. The van der Waals surface area contributed by atoms with Gasteiger partial charge in [0, 0.05) is 18.1 Å². The van der Waals surface area contributed by atoms with Gasteiger partial charge in [-0.15, -0.1) is 11.6 Å². The van der Waals surface area contributed by atoms with Crippen LogP contribution >= 0.6 is 11.6 Å². The zero-order chi connectivity index (χ0) is 16.7. The number of halogens is 1. The molecule has 0 aliphatic carbocycles. The molecule has 0 N–H and O–H groups in total. The second-order valence-electron chi connectivity index (χ2n) is 5.87. The fourth-order valence-electron chi connectivity index (χ4n) is 2.65. The summed E-state index contributed by atoms with van der Waals surface area (Å²) >= 11 is 6.46. The van der Waals surface area contributed by atoms with Gasteiger partial charge in [-0.1, -0.05) is 19.8 Å². The molecule has 0 amide bonds. The van der Waals surface area contributed by atoms with E-state index in [1.54, 1.807) is 18.2 Å². The molecule has 1 aromatic carbocycles. The smallest absolute Gasteiger partial charge is 0.159 e. The van der Waals surface area contributed by atoms with Gasteiger partial charge in [0.25, 0.3) is 0 Å². The molecule has 0 saturated heterocycles. The fourth-order valence-corrected chi connectivity index (χ4v) is 2.94. The Bertz CT molecular complexity index is 601. The summed E-state index contributed by atoms with van der Waals surface area (Å²) in [6, 6.07) is 9.17. The number of hydrogen-bond donors (Lipinski definition) is 0. The Labute approximate surface area is 142 Å². The molecule has 1 heterocycles. The van der Waals surface area contributed by atoms with Crippen molar-refractivity contribution in [2.45, 2.75) is 56.9 Å².